The van der Waals surface area contributed by atoms with Crippen molar-refractivity contribution in [2.24, 2.45) is 0 Å². The SMILES string of the molecule is Cc1ccccc1-n1ncc2c(SCC(=O)Nc3ccc(F)c(Cl)c3)ncnc21. The minimum Gasteiger partial charge on any atom is -0.325 e. The number of nitrogens with one attached hydrogen (secondary N) is 1. The third-order valence-electron chi connectivity index (χ3n) is 4.22. The van der Waals surface area contributed by atoms with Gasteiger partial charge in [0, 0.05) is 5.69 Å². The molecule has 4 rings (SSSR count). The predicted octanol–water partition coefficient (Wildman–Crippen LogP) is 4.65. The van der Waals surface area contributed by atoms with Gasteiger partial charge < -0.3 is 5.32 Å². The van der Waals surface area contributed by atoms with Crippen LogP contribution in [0.5, 0.6) is 0 Å². The van der Waals surface area contributed by atoms with Crippen molar-refractivity contribution in [1.82, 2.24) is 19.7 Å². The quantitative estimate of drug-likeness (QED) is 0.371. The Hall–Kier alpha value is -2.97. The zero-order chi connectivity index (χ0) is 20.4. The number of anilines is 1. The molecule has 146 valence electrons. The van der Waals surface area contributed by atoms with E-state index in [0.717, 1.165) is 16.6 Å². The molecule has 0 atom stereocenters. The van der Waals surface area contributed by atoms with Crippen LogP contribution < -0.4 is 5.32 Å². The molecule has 0 bridgehead atoms. The highest BCUT2D eigenvalue weighted by molar-refractivity contribution is 8.00. The van der Waals surface area contributed by atoms with Crippen molar-refractivity contribution in [2.45, 2.75) is 11.9 Å². The van der Waals surface area contributed by atoms with E-state index in [4.69, 9.17) is 11.6 Å². The standard InChI is InChI=1S/C20H15ClFN5OS/c1-12-4-2-3-5-17(12)27-19-14(9-25-27)20(24-11-23-19)29-10-18(28)26-13-6-7-16(22)15(21)8-13/h2-9,11H,10H2,1H3,(H,26,28). The number of amides is 1. The van der Waals surface area contributed by atoms with Crippen LogP contribution in [0.4, 0.5) is 10.1 Å². The lowest BCUT2D eigenvalue weighted by Gasteiger charge is -2.07. The predicted molar refractivity (Wildman–Crippen MR) is 112 cm³/mol. The minimum atomic E-state index is -0.534. The Morgan fingerprint density at radius 2 is 2.07 bits per heavy atom. The van der Waals surface area contributed by atoms with Crippen LogP contribution in [0.3, 0.4) is 0 Å². The molecule has 0 saturated carbocycles. The van der Waals surface area contributed by atoms with Crippen LogP contribution in [0.25, 0.3) is 16.7 Å². The van der Waals surface area contributed by atoms with Gasteiger partial charge in [-0.3, -0.25) is 4.79 Å². The maximum absolute atomic E-state index is 13.2. The van der Waals surface area contributed by atoms with Gasteiger partial charge in [-0.05, 0) is 36.8 Å². The molecule has 0 aliphatic heterocycles. The average Bonchev–Trinajstić information content (AvgIpc) is 3.14. The number of nitrogens with zero attached hydrogens (tertiary/aromatic N) is 4. The minimum absolute atomic E-state index is 0.0448. The molecule has 0 aliphatic rings. The summed E-state index contributed by atoms with van der Waals surface area (Å²) in [6, 6.07) is 11.9. The number of thioether (sulfide) groups is 1. The van der Waals surface area contributed by atoms with Crippen LogP contribution in [0, 0.1) is 12.7 Å². The van der Waals surface area contributed by atoms with Gasteiger partial charge in [0.25, 0.3) is 0 Å². The normalized spacial score (nSPS) is 11.0. The maximum atomic E-state index is 13.2. The Kier molecular flexibility index (Phi) is 5.46. The molecular formula is C20H15ClFN5OS. The number of aromatic nitrogens is 4. The van der Waals surface area contributed by atoms with E-state index < -0.39 is 5.82 Å². The molecule has 0 aliphatic carbocycles. The van der Waals surface area contributed by atoms with Crippen LogP contribution in [0.15, 0.2) is 60.0 Å². The van der Waals surface area contributed by atoms with Crippen LogP contribution in [0.1, 0.15) is 5.56 Å². The van der Waals surface area contributed by atoms with Crippen molar-refractivity contribution in [3.8, 4) is 5.69 Å². The molecule has 0 saturated heterocycles. The number of benzene rings is 2. The van der Waals surface area contributed by atoms with Gasteiger partial charge in [-0.15, -0.1) is 0 Å². The molecule has 6 nitrogen and oxygen atoms in total. The third-order valence-corrected chi connectivity index (χ3v) is 5.51. The Morgan fingerprint density at radius 1 is 1.24 bits per heavy atom. The molecule has 1 N–H and O–H groups in total. The van der Waals surface area contributed by atoms with Crippen LogP contribution in [0.2, 0.25) is 5.02 Å². The highest BCUT2D eigenvalue weighted by atomic mass is 35.5. The van der Waals surface area contributed by atoms with Crippen LogP contribution in [-0.2, 0) is 4.79 Å². The fourth-order valence-electron chi connectivity index (χ4n) is 2.82. The molecule has 0 unspecified atom stereocenters. The zero-order valence-corrected chi connectivity index (χ0v) is 16.8. The summed E-state index contributed by atoms with van der Waals surface area (Å²) in [5.41, 5.74) is 3.11. The highest BCUT2D eigenvalue weighted by Gasteiger charge is 2.14. The van der Waals surface area contributed by atoms with Gasteiger partial charge in [0.15, 0.2) is 5.65 Å². The summed E-state index contributed by atoms with van der Waals surface area (Å²) in [4.78, 5) is 20.9. The van der Waals surface area contributed by atoms with Crippen LogP contribution >= 0.6 is 23.4 Å². The molecule has 0 radical (unpaired) electrons. The van der Waals surface area contributed by atoms with E-state index in [1.54, 1.807) is 10.9 Å². The first-order chi connectivity index (χ1) is 14.0. The second-order valence-corrected chi connectivity index (χ2v) is 7.60. The van der Waals surface area contributed by atoms with Gasteiger partial charge in [-0.1, -0.05) is 41.6 Å². The Balaban J connectivity index is 1.52. The molecule has 0 fully saturated rings. The largest absolute Gasteiger partial charge is 0.325 e. The van der Waals surface area contributed by atoms with E-state index in [-0.39, 0.29) is 16.7 Å². The number of rotatable bonds is 5. The summed E-state index contributed by atoms with van der Waals surface area (Å²) in [6.07, 6.45) is 3.15. The van der Waals surface area contributed by atoms with Gasteiger partial charge in [0.2, 0.25) is 5.91 Å². The lowest BCUT2D eigenvalue weighted by molar-refractivity contribution is -0.113. The first-order valence-corrected chi connectivity index (χ1v) is 10.0. The van der Waals surface area contributed by atoms with Gasteiger partial charge in [-0.2, -0.15) is 5.10 Å². The number of para-hydroxylation sites is 1. The summed E-state index contributed by atoms with van der Waals surface area (Å²) in [5, 5.41) is 8.51. The van der Waals surface area contributed by atoms with Crippen molar-refractivity contribution < 1.29 is 9.18 Å². The van der Waals surface area contributed by atoms with Crippen LogP contribution in [-0.4, -0.2) is 31.4 Å². The summed E-state index contributed by atoms with van der Waals surface area (Å²) in [7, 11) is 0. The first kappa shape index (κ1) is 19.4. The molecule has 29 heavy (non-hydrogen) atoms. The number of hydrogen-bond acceptors (Lipinski definition) is 5. The Bertz CT molecular complexity index is 1210. The van der Waals surface area contributed by atoms with E-state index in [1.165, 1.54) is 36.3 Å². The molecule has 2 heterocycles. The van der Waals surface area contributed by atoms with E-state index >= 15 is 0 Å². The molecule has 4 aromatic rings. The second-order valence-electron chi connectivity index (χ2n) is 6.22. The van der Waals surface area contributed by atoms with Gasteiger partial charge >= 0.3 is 0 Å². The van der Waals surface area contributed by atoms with Crippen molar-refractivity contribution >= 4 is 46.0 Å². The zero-order valence-electron chi connectivity index (χ0n) is 15.3. The molecule has 2 aromatic heterocycles. The van der Waals surface area contributed by atoms with Gasteiger partial charge in [0.05, 0.1) is 28.0 Å². The average molecular weight is 428 g/mol. The van der Waals surface area contributed by atoms with Crippen molar-refractivity contribution in [3.63, 3.8) is 0 Å². The van der Waals surface area contributed by atoms with Crippen molar-refractivity contribution in [3.05, 3.63) is 71.4 Å². The lowest BCUT2D eigenvalue weighted by atomic mass is 10.2. The fourth-order valence-corrected chi connectivity index (χ4v) is 3.76. The van der Waals surface area contributed by atoms with E-state index in [0.29, 0.717) is 16.4 Å². The maximum Gasteiger partial charge on any atom is 0.234 e. The molecule has 9 heteroatoms. The molecular weight excluding hydrogens is 413 g/mol. The fraction of sp³-hybridized carbons (Fsp3) is 0.100. The third kappa shape index (κ3) is 4.08. The number of aryl methyl sites for hydroxylation is 1. The lowest BCUT2D eigenvalue weighted by Crippen LogP contribution is -2.14. The Morgan fingerprint density at radius 3 is 2.86 bits per heavy atom. The van der Waals surface area contributed by atoms with E-state index in [2.05, 4.69) is 20.4 Å². The van der Waals surface area contributed by atoms with Crippen molar-refractivity contribution in [2.75, 3.05) is 11.1 Å². The number of carbonyl (C=O) groups is 1. The van der Waals surface area contributed by atoms with Crippen molar-refractivity contribution in [1.29, 1.82) is 0 Å². The summed E-state index contributed by atoms with van der Waals surface area (Å²) in [6.45, 7) is 2.01. The van der Waals surface area contributed by atoms with Gasteiger partial charge in [0.1, 0.15) is 17.2 Å². The van der Waals surface area contributed by atoms with E-state index in [1.807, 2.05) is 31.2 Å². The van der Waals surface area contributed by atoms with Gasteiger partial charge in [-0.25, -0.2) is 19.0 Å². The summed E-state index contributed by atoms with van der Waals surface area (Å²) >= 11 is 7.02. The second kappa shape index (κ2) is 8.18. The summed E-state index contributed by atoms with van der Waals surface area (Å²) < 4.78 is 15.0. The smallest absolute Gasteiger partial charge is 0.234 e. The molecule has 0 spiro atoms. The number of hydrogen-bond donors (Lipinski definition) is 1. The highest BCUT2D eigenvalue weighted by Crippen LogP contribution is 2.27. The van der Waals surface area contributed by atoms with E-state index in [9.17, 15) is 9.18 Å². The topological polar surface area (TPSA) is 72.7 Å². The number of fused-ring (bicyclic) bond motifs is 1. The first-order valence-electron chi connectivity index (χ1n) is 8.65. The Labute approximate surface area is 175 Å². The number of halogens is 2. The monoisotopic (exact) mass is 427 g/mol. The molecule has 2 aromatic carbocycles. The molecule has 1 amide bonds. The number of carbonyl (C=O) groups excluding carboxylic acids is 1. The summed E-state index contributed by atoms with van der Waals surface area (Å²) in [5.74, 6) is -0.666.